The lowest BCUT2D eigenvalue weighted by atomic mass is 10.1. The molecule has 0 aliphatic carbocycles. The van der Waals surface area contributed by atoms with E-state index >= 15 is 0 Å². The maximum Gasteiger partial charge on any atom is 0.348 e. The minimum Gasteiger partial charge on any atom is -0.493 e. The van der Waals surface area contributed by atoms with E-state index in [0.717, 1.165) is 22.1 Å². The Morgan fingerprint density at radius 2 is 1.76 bits per heavy atom. The molecular formula is C23H23N3O7S. The van der Waals surface area contributed by atoms with Crippen LogP contribution in [0.4, 0.5) is 5.00 Å². The number of H-pyrrole nitrogens is 1. The van der Waals surface area contributed by atoms with Gasteiger partial charge in [-0.05, 0) is 44.9 Å². The second-order valence-electron chi connectivity index (χ2n) is 7.05. The van der Waals surface area contributed by atoms with Crippen LogP contribution in [0.1, 0.15) is 50.6 Å². The van der Waals surface area contributed by atoms with Gasteiger partial charge in [0.05, 0.1) is 18.9 Å². The number of hydrogen-bond donors (Lipinski definition) is 2. The smallest absolute Gasteiger partial charge is 0.348 e. The lowest BCUT2D eigenvalue weighted by Gasteiger charge is -2.11. The summed E-state index contributed by atoms with van der Waals surface area (Å²) < 4.78 is 11.1. The molecule has 2 heterocycles. The molecule has 11 heteroatoms. The van der Waals surface area contributed by atoms with E-state index in [1.165, 1.54) is 0 Å². The molecule has 3 rings (SSSR count). The SMILES string of the molecule is CCOC(=O)c1sc(N=Cc2c(O)n(-c3ccccc3C)c(=O)[nH]c2=O)c(C(=O)OCC)c1C. The van der Waals surface area contributed by atoms with Gasteiger partial charge in [-0.3, -0.25) is 9.78 Å². The molecule has 0 atom stereocenters. The monoisotopic (exact) mass is 485 g/mol. The summed E-state index contributed by atoms with van der Waals surface area (Å²) in [6.45, 7) is 6.86. The highest BCUT2D eigenvalue weighted by Crippen LogP contribution is 2.36. The number of ether oxygens (including phenoxy) is 2. The number of aliphatic imine (C=N–C) groups is 1. The highest BCUT2D eigenvalue weighted by atomic mass is 32.1. The van der Waals surface area contributed by atoms with E-state index in [1.807, 2.05) is 0 Å². The number of nitrogens with one attached hydrogen (secondary N) is 1. The summed E-state index contributed by atoms with van der Waals surface area (Å²) in [4.78, 5) is 56.3. The fraction of sp³-hybridized carbons (Fsp3) is 0.261. The molecule has 178 valence electrons. The first-order valence-corrected chi connectivity index (χ1v) is 11.2. The van der Waals surface area contributed by atoms with Crippen LogP contribution in [0.3, 0.4) is 0 Å². The van der Waals surface area contributed by atoms with Gasteiger partial charge in [0.15, 0.2) is 0 Å². The zero-order valence-corrected chi connectivity index (χ0v) is 19.8. The van der Waals surface area contributed by atoms with Crippen LogP contribution in [0.2, 0.25) is 0 Å². The molecule has 3 aromatic rings. The van der Waals surface area contributed by atoms with Gasteiger partial charge in [-0.15, -0.1) is 11.3 Å². The largest absolute Gasteiger partial charge is 0.493 e. The molecule has 10 nitrogen and oxygen atoms in total. The molecule has 0 radical (unpaired) electrons. The highest BCUT2D eigenvalue weighted by molar-refractivity contribution is 7.18. The van der Waals surface area contributed by atoms with Gasteiger partial charge < -0.3 is 14.6 Å². The van der Waals surface area contributed by atoms with Crippen LogP contribution in [-0.4, -0.2) is 46.0 Å². The number of nitrogens with zero attached hydrogens (tertiary/aromatic N) is 2. The number of esters is 2. The van der Waals surface area contributed by atoms with Crippen LogP contribution in [0.5, 0.6) is 5.88 Å². The van der Waals surface area contributed by atoms with Crippen LogP contribution < -0.4 is 11.2 Å². The summed E-state index contributed by atoms with van der Waals surface area (Å²) in [6, 6.07) is 6.82. The number of rotatable bonds is 7. The number of para-hydroxylation sites is 1. The maximum atomic E-state index is 12.5. The Morgan fingerprint density at radius 1 is 1.12 bits per heavy atom. The number of hydrogen-bond acceptors (Lipinski definition) is 9. The lowest BCUT2D eigenvalue weighted by Crippen LogP contribution is -2.31. The topological polar surface area (TPSA) is 140 Å². The third kappa shape index (κ3) is 4.69. The summed E-state index contributed by atoms with van der Waals surface area (Å²) >= 11 is 0.890. The normalized spacial score (nSPS) is 11.1. The van der Waals surface area contributed by atoms with Crippen LogP contribution in [0.25, 0.3) is 5.69 Å². The minimum absolute atomic E-state index is 0.0503. The van der Waals surface area contributed by atoms with E-state index in [9.17, 15) is 24.3 Å². The van der Waals surface area contributed by atoms with Crippen molar-refractivity contribution >= 4 is 34.5 Å². The van der Waals surface area contributed by atoms with Crippen molar-refractivity contribution in [3.05, 3.63) is 72.2 Å². The van der Waals surface area contributed by atoms with Crippen LogP contribution in [0, 0.1) is 13.8 Å². The fourth-order valence-electron chi connectivity index (χ4n) is 3.24. The summed E-state index contributed by atoms with van der Waals surface area (Å²) in [5, 5.41) is 10.9. The Hall–Kier alpha value is -3.99. The summed E-state index contributed by atoms with van der Waals surface area (Å²) in [5.41, 5.74) is -0.551. The zero-order valence-electron chi connectivity index (χ0n) is 19.0. The second kappa shape index (κ2) is 10.3. The van der Waals surface area contributed by atoms with Gasteiger partial charge in [-0.2, -0.15) is 0 Å². The van der Waals surface area contributed by atoms with Crippen molar-refractivity contribution in [2.75, 3.05) is 13.2 Å². The molecule has 0 fully saturated rings. The number of aromatic amines is 1. The van der Waals surface area contributed by atoms with Gasteiger partial charge >= 0.3 is 17.6 Å². The first-order valence-electron chi connectivity index (χ1n) is 10.4. The average Bonchev–Trinajstić information content (AvgIpc) is 3.11. The Bertz CT molecular complexity index is 1400. The van der Waals surface area contributed by atoms with Crippen LogP contribution >= 0.6 is 11.3 Å². The molecular weight excluding hydrogens is 462 g/mol. The molecule has 2 N–H and O–H groups in total. The Balaban J connectivity index is 2.17. The van der Waals surface area contributed by atoms with Crippen molar-refractivity contribution < 1.29 is 24.2 Å². The first kappa shape index (κ1) is 24.6. The molecule has 34 heavy (non-hydrogen) atoms. The Labute approximate surface area is 198 Å². The molecule has 0 saturated heterocycles. The third-order valence-corrected chi connectivity index (χ3v) is 6.04. The van der Waals surface area contributed by atoms with Gasteiger partial charge in [0.25, 0.3) is 5.56 Å². The lowest BCUT2D eigenvalue weighted by molar-refractivity contribution is 0.0527. The molecule has 2 aromatic heterocycles. The number of aromatic nitrogens is 2. The van der Waals surface area contributed by atoms with E-state index in [-0.39, 0.29) is 34.2 Å². The average molecular weight is 486 g/mol. The van der Waals surface area contributed by atoms with E-state index in [4.69, 9.17) is 9.47 Å². The van der Waals surface area contributed by atoms with E-state index in [0.29, 0.717) is 16.8 Å². The molecule has 0 aliphatic heterocycles. The first-order chi connectivity index (χ1) is 16.2. The van der Waals surface area contributed by atoms with Crippen molar-refractivity contribution in [1.29, 1.82) is 0 Å². The molecule has 0 bridgehead atoms. The number of aromatic hydroxyl groups is 1. The summed E-state index contributed by atoms with van der Waals surface area (Å²) in [7, 11) is 0. The summed E-state index contributed by atoms with van der Waals surface area (Å²) in [5.74, 6) is -1.93. The van der Waals surface area contributed by atoms with E-state index < -0.39 is 29.1 Å². The number of carbonyl (C=O) groups is 2. The van der Waals surface area contributed by atoms with Crippen molar-refractivity contribution in [1.82, 2.24) is 9.55 Å². The standard InChI is InChI=1S/C23H23N3O7S/c1-5-32-21(29)16-13(4)17(22(30)33-6-2)34-19(16)24-11-14-18(27)25-23(31)26(20(14)28)15-10-8-7-9-12(15)3/h7-11,28H,5-6H2,1-4H3,(H,25,27,31). The Kier molecular flexibility index (Phi) is 7.47. The van der Waals surface area contributed by atoms with E-state index in [1.54, 1.807) is 52.0 Å². The minimum atomic E-state index is -0.868. The number of thiophene rings is 1. The summed E-state index contributed by atoms with van der Waals surface area (Å²) in [6.07, 6.45) is 1.03. The molecule has 0 amide bonds. The van der Waals surface area contributed by atoms with Crippen molar-refractivity contribution in [2.24, 2.45) is 4.99 Å². The fourth-order valence-corrected chi connectivity index (χ4v) is 4.27. The van der Waals surface area contributed by atoms with Crippen molar-refractivity contribution in [3.63, 3.8) is 0 Å². The van der Waals surface area contributed by atoms with Gasteiger partial charge in [0.1, 0.15) is 21.0 Å². The number of carbonyl (C=O) groups excluding carboxylic acids is 2. The quantitative estimate of drug-likeness (QED) is 0.387. The second-order valence-corrected chi connectivity index (χ2v) is 8.05. The number of benzene rings is 1. The van der Waals surface area contributed by atoms with Crippen LogP contribution in [0.15, 0.2) is 38.8 Å². The predicted molar refractivity (Wildman–Crippen MR) is 127 cm³/mol. The molecule has 1 aromatic carbocycles. The molecule has 0 saturated carbocycles. The van der Waals surface area contributed by atoms with Gasteiger partial charge in [-0.25, -0.2) is 23.9 Å². The van der Waals surface area contributed by atoms with E-state index in [2.05, 4.69) is 9.98 Å². The maximum absolute atomic E-state index is 12.5. The van der Waals surface area contributed by atoms with Crippen LogP contribution in [-0.2, 0) is 9.47 Å². The van der Waals surface area contributed by atoms with Crippen molar-refractivity contribution in [3.8, 4) is 11.6 Å². The van der Waals surface area contributed by atoms with Gasteiger partial charge in [0.2, 0.25) is 5.88 Å². The van der Waals surface area contributed by atoms with Gasteiger partial charge in [0, 0.05) is 6.21 Å². The molecule has 0 spiro atoms. The highest BCUT2D eigenvalue weighted by Gasteiger charge is 2.26. The zero-order chi connectivity index (χ0) is 25.0. The molecule has 0 unspecified atom stereocenters. The van der Waals surface area contributed by atoms with Gasteiger partial charge in [-0.1, -0.05) is 18.2 Å². The molecule has 0 aliphatic rings. The number of aryl methyl sites for hydroxylation is 1. The third-order valence-electron chi connectivity index (χ3n) is 4.86. The Morgan fingerprint density at radius 3 is 2.41 bits per heavy atom. The predicted octanol–water partition coefficient (Wildman–Crippen LogP) is 3.01. The van der Waals surface area contributed by atoms with Crippen molar-refractivity contribution in [2.45, 2.75) is 27.7 Å².